The highest BCUT2D eigenvalue weighted by atomic mass is 32.2. The van der Waals surface area contributed by atoms with Gasteiger partial charge in [0.15, 0.2) is 14.9 Å². The Morgan fingerprint density at radius 3 is 2.20 bits per heavy atom. The number of carbonyl (C=O) groups is 1. The summed E-state index contributed by atoms with van der Waals surface area (Å²) in [7, 11) is -3.66. The van der Waals surface area contributed by atoms with E-state index >= 15 is 0 Å². The number of pyridine rings is 1. The SMILES string of the molecule is CC(C)c1nc(S(C)(=O)=O)c(C(=O)O)c2c1CCCC2. The summed E-state index contributed by atoms with van der Waals surface area (Å²) >= 11 is 0. The summed E-state index contributed by atoms with van der Waals surface area (Å²) in [6, 6.07) is 0. The third kappa shape index (κ3) is 2.57. The molecule has 1 aliphatic rings. The molecule has 0 saturated heterocycles. The van der Waals surface area contributed by atoms with E-state index in [0.29, 0.717) is 12.0 Å². The highest BCUT2D eigenvalue weighted by Crippen LogP contribution is 2.33. The molecule has 0 radical (unpaired) electrons. The number of carboxylic acids is 1. The van der Waals surface area contributed by atoms with Gasteiger partial charge in [-0.3, -0.25) is 0 Å². The van der Waals surface area contributed by atoms with Crippen molar-refractivity contribution in [1.82, 2.24) is 4.98 Å². The number of aromatic nitrogens is 1. The molecule has 0 unspecified atom stereocenters. The van der Waals surface area contributed by atoms with Gasteiger partial charge in [-0.25, -0.2) is 18.2 Å². The Kier molecular flexibility index (Phi) is 3.86. The minimum atomic E-state index is -3.66. The van der Waals surface area contributed by atoms with Crippen molar-refractivity contribution in [2.75, 3.05) is 6.26 Å². The Balaban J connectivity index is 2.88. The zero-order valence-corrected chi connectivity index (χ0v) is 12.7. The summed E-state index contributed by atoms with van der Waals surface area (Å²) in [5, 5.41) is 9.13. The maximum absolute atomic E-state index is 11.9. The molecule has 1 aromatic rings. The molecule has 0 aromatic carbocycles. The molecular weight excluding hydrogens is 278 g/mol. The van der Waals surface area contributed by atoms with Crippen molar-refractivity contribution >= 4 is 15.8 Å². The predicted octanol–water partition coefficient (Wildman–Crippen LogP) is 2.19. The summed E-state index contributed by atoms with van der Waals surface area (Å²) in [4.78, 5) is 15.7. The van der Waals surface area contributed by atoms with Crippen LogP contribution in [0.2, 0.25) is 0 Å². The molecule has 1 heterocycles. The first-order valence-corrected chi connectivity index (χ1v) is 8.61. The molecule has 5 nitrogen and oxygen atoms in total. The second-order valence-corrected chi connectivity index (χ2v) is 7.50. The standard InChI is InChI=1S/C14H19NO4S/c1-8(2)12-10-7-5-4-6-9(10)11(14(16)17)13(15-12)20(3,18)19/h8H,4-7H2,1-3H3,(H,16,17). The van der Waals surface area contributed by atoms with Crippen LogP contribution >= 0.6 is 0 Å². The van der Waals surface area contributed by atoms with Crippen LogP contribution in [0, 0.1) is 0 Å². The van der Waals surface area contributed by atoms with E-state index in [4.69, 9.17) is 0 Å². The molecule has 20 heavy (non-hydrogen) atoms. The molecule has 0 amide bonds. The molecule has 6 heteroatoms. The zero-order valence-electron chi connectivity index (χ0n) is 11.9. The lowest BCUT2D eigenvalue weighted by molar-refractivity contribution is 0.0690. The Bertz CT molecular complexity index is 662. The Labute approximate surface area is 119 Å². The first-order chi connectivity index (χ1) is 9.23. The number of sulfone groups is 1. The zero-order chi connectivity index (χ0) is 15.1. The first-order valence-electron chi connectivity index (χ1n) is 6.72. The van der Waals surface area contributed by atoms with Crippen LogP contribution in [0.25, 0.3) is 0 Å². The maximum Gasteiger partial charge on any atom is 0.338 e. The van der Waals surface area contributed by atoms with E-state index in [1.807, 2.05) is 13.8 Å². The average Bonchev–Trinajstić information content (AvgIpc) is 2.34. The number of fused-ring (bicyclic) bond motifs is 1. The molecule has 0 fully saturated rings. The van der Waals surface area contributed by atoms with Crippen molar-refractivity contribution in [3.8, 4) is 0 Å². The van der Waals surface area contributed by atoms with Crippen molar-refractivity contribution in [3.05, 3.63) is 22.4 Å². The third-order valence-corrected chi connectivity index (χ3v) is 4.62. The quantitative estimate of drug-likeness (QED) is 0.924. The van der Waals surface area contributed by atoms with Crippen molar-refractivity contribution < 1.29 is 18.3 Å². The summed E-state index contributed by atoms with van der Waals surface area (Å²) < 4.78 is 23.8. The second kappa shape index (κ2) is 5.16. The highest BCUT2D eigenvalue weighted by molar-refractivity contribution is 7.90. The molecule has 1 N–H and O–H groups in total. The minimum Gasteiger partial charge on any atom is -0.478 e. The van der Waals surface area contributed by atoms with E-state index in [1.165, 1.54) is 0 Å². The molecule has 0 spiro atoms. The Morgan fingerprint density at radius 2 is 1.75 bits per heavy atom. The molecular formula is C14H19NO4S. The van der Waals surface area contributed by atoms with Gasteiger partial charge in [-0.15, -0.1) is 0 Å². The van der Waals surface area contributed by atoms with Gasteiger partial charge >= 0.3 is 5.97 Å². The van der Waals surface area contributed by atoms with E-state index in [9.17, 15) is 18.3 Å². The minimum absolute atomic E-state index is 0.0743. The molecule has 110 valence electrons. The average molecular weight is 297 g/mol. The lowest BCUT2D eigenvalue weighted by Crippen LogP contribution is -2.21. The van der Waals surface area contributed by atoms with Gasteiger partial charge in [-0.2, -0.15) is 0 Å². The van der Waals surface area contributed by atoms with E-state index in [0.717, 1.165) is 36.8 Å². The van der Waals surface area contributed by atoms with E-state index < -0.39 is 15.8 Å². The van der Waals surface area contributed by atoms with Gasteiger partial charge in [0.05, 0.1) is 0 Å². The van der Waals surface area contributed by atoms with Crippen molar-refractivity contribution in [1.29, 1.82) is 0 Å². The number of rotatable bonds is 3. The lowest BCUT2D eigenvalue weighted by Gasteiger charge is -2.24. The van der Waals surface area contributed by atoms with Gasteiger partial charge in [0, 0.05) is 11.9 Å². The van der Waals surface area contributed by atoms with Gasteiger partial charge in [0.2, 0.25) is 0 Å². The van der Waals surface area contributed by atoms with Gasteiger partial charge in [-0.1, -0.05) is 13.8 Å². The molecule has 0 bridgehead atoms. The second-order valence-electron chi connectivity index (χ2n) is 5.57. The molecule has 1 aliphatic carbocycles. The van der Waals surface area contributed by atoms with Crippen molar-refractivity contribution in [2.45, 2.75) is 50.5 Å². The van der Waals surface area contributed by atoms with E-state index in [2.05, 4.69) is 4.98 Å². The smallest absolute Gasteiger partial charge is 0.338 e. The summed E-state index contributed by atoms with van der Waals surface area (Å²) in [5.41, 5.74) is 2.22. The van der Waals surface area contributed by atoms with Crippen LogP contribution in [0.1, 0.15) is 59.8 Å². The maximum atomic E-state index is 11.9. The fourth-order valence-electron chi connectivity index (χ4n) is 2.79. The molecule has 2 rings (SSSR count). The molecule has 0 aliphatic heterocycles. The lowest BCUT2D eigenvalue weighted by atomic mass is 9.85. The van der Waals surface area contributed by atoms with Crippen molar-refractivity contribution in [3.63, 3.8) is 0 Å². The van der Waals surface area contributed by atoms with E-state index in [-0.39, 0.29) is 16.5 Å². The number of hydrogen-bond acceptors (Lipinski definition) is 4. The number of carboxylic acid groups (broad SMARTS) is 1. The summed E-state index contributed by atoms with van der Waals surface area (Å²) in [5.74, 6) is -1.13. The van der Waals surface area contributed by atoms with Crippen LogP contribution < -0.4 is 0 Å². The number of aromatic carboxylic acids is 1. The van der Waals surface area contributed by atoms with Crippen LogP contribution in [0.5, 0.6) is 0 Å². The number of hydrogen-bond donors (Lipinski definition) is 1. The normalized spacial score (nSPS) is 15.2. The Hall–Kier alpha value is -1.43. The van der Waals surface area contributed by atoms with Gasteiger partial charge in [-0.05, 0) is 42.7 Å². The van der Waals surface area contributed by atoms with Crippen LogP contribution in [0.4, 0.5) is 0 Å². The van der Waals surface area contributed by atoms with Crippen LogP contribution in [-0.2, 0) is 22.7 Å². The van der Waals surface area contributed by atoms with E-state index in [1.54, 1.807) is 0 Å². The van der Waals surface area contributed by atoms with Crippen LogP contribution in [-0.4, -0.2) is 30.7 Å². The fourth-order valence-corrected chi connectivity index (χ4v) is 3.64. The largest absolute Gasteiger partial charge is 0.478 e. The summed E-state index contributed by atoms with van der Waals surface area (Å²) in [6.45, 7) is 3.90. The highest BCUT2D eigenvalue weighted by Gasteiger charge is 2.30. The van der Waals surface area contributed by atoms with Crippen LogP contribution in [0.3, 0.4) is 0 Å². The third-order valence-electron chi connectivity index (χ3n) is 3.63. The Morgan fingerprint density at radius 1 is 1.20 bits per heavy atom. The van der Waals surface area contributed by atoms with Crippen LogP contribution in [0.15, 0.2) is 5.03 Å². The van der Waals surface area contributed by atoms with Gasteiger partial charge in [0.25, 0.3) is 0 Å². The van der Waals surface area contributed by atoms with Crippen molar-refractivity contribution in [2.24, 2.45) is 0 Å². The van der Waals surface area contributed by atoms with Gasteiger partial charge in [0.1, 0.15) is 5.56 Å². The molecule has 0 saturated carbocycles. The number of nitrogens with zero attached hydrogens (tertiary/aromatic N) is 1. The summed E-state index contributed by atoms with van der Waals surface area (Å²) in [6.07, 6.45) is 4.28. The molecule has 0 atom stereocenters. The molecule has 1 aromatic heterocycles. The van der Waals surface area contributed by atoms with Gasteiger partial charge < -0.3 is 5.11 Å². The monoisotopic (exact) mass is 297 g/mol. The first kappa shape index (κ1) is 15.0. The predicted molar refractivity (Wildman–Crippen MR) is 75.0 cm³/mol. The topological polar surface area (TPSA) is 84.3 Å². The fraction of sp³-hybridized carbons (Fsp3) is 0.571.